The minimum atomic E-state index is 0.808. The average molecular weight is 382 g/mol. The molecule has 0 unspecified atom stereocenters. The molecule has 0 amide bonds. The van der Waals surface area contributed by atoms with Crippen molar-refractivity contribution in [3.8, 4) is 23.0 Å². The first kappa shape index (κ1) is 19.8. The van der Waals surface area contributed by atoms with E-state index >= 15 is 0 Å². The number of nitrogens with zero attached hydrogens (tertiary/aromatic N) is 1. The van der Waals surface area contributed by atoms with Crippen LogP contribution in [0.25, 0.3) is 11.1 Å². The lowest BCUT2D eigenvalue weighted by Gasteiger charge is -2.04. The second kappa shape index (κ2) is 9.81. The molecule has 0 aliphatic carbocycles. The molecule has 1 nitrogen and oxygen atoms in total. The Labute approximate surface area is 173 Å². The van der Waals surface area contributed by atoms with E-state index in [1.807, 2.05) is 25.1 Å². The van der Waals surface area contributed by atoms with Gasteiger partial charge in [0.2, 0.25) is 0 Å². The summed E-state index contributed by atoms with van der Waals surface area (Å²) in [5.41, 5.74) is 7.75. The van der Waals surface area contributed by atoms with Gasteiger partial charge in [0, 0.05) is 11.1 Å². The van der Waals surface area contributed by atoms with Gasteiger partial charge in [0.1, 0.15) is 0 Å². The molecule has 0 radical (unpaired) electrons. The smallest absolute Gasteiger partial charge is 0.0743 e. The van der Waals surface area contributed by atoms with Gasteiger partial charge in [-0.05, 0) is 84.6 Å². The number of thiocarbonyl (C=S) groups is 1. The van der Waals surface area contributed by atoms with Crippen LogP contribution in [-0.2, 0) is 6.42 Å². The summed E-state index contributed by atoms with van der Waals surface area (Å²) < 4.78 is 0. The molecule has 138 valence electrons. The largest absolute Gasteiger partial charge is 0.195 e. The van der Waals surface area contributed by atoms with Crippen molar-refractivity contribution in [2.75, 3.05) is 0 Å². The normalized spacial score (nSPS) is 9.93. The highest BCUT2D eigenvalue weighted by atomic mass is 32.1. The van der Waals surface area contributed by atoms with Gasteiger partial charge in [-0.25, -0.2) is 0 Å². The van der Waals surface area contributed by atoms with E-state index in [-0.39, 0.29) is 0 Å². The van der Waals surface area contributed by atoms with Crippen molar-refractivity contribution < 1.29 is 0 Å². The van der Waals surface area contributed by atoms with Crippen LogP contribution in [-0.4, -0.2) is 5.16 Å². The maximum Gasteiger partial charge on any atom is 0.0743 e. The highest BCUT2D eigenvalue weighted by molar-refractivity contribution is 7.78. The van der Waals surface area contributed by atoms with Crippen molar-refractivity contribution in [3.63, 3.8) is 0 Å². The molecule has 28 heavy (non-hydrogen) atoms. The van der Waals surface area contributed by atoms with Crippen LogP contribution < -0.4 is 0 Å². The first-order valence-corrected chi connectivity index (χ1v) is 10.0. The number of isothiocyanates is 1. The standard InChI is InChI=1S/C26H23NS/c1-3-4-5-21-7-12-24(13-8-21)25-14-9-22(10-15-25)6-11-23-16-17-26(27-19-28)18-20(23)2/h7-10,12-18H,3-5H2,1-2H3. The second-order valence-corrected chi connectivity index (χ2v) is 7.01. The molecule has 2 heteroatoms. The van der Waals surface area contributed by atoms with Gasteiger partial charge in [-0.2, -0.15) is 4.99 Å². The maximum absolute atomic E-state index is 4.65. The highest BCUT2D eigenvalue weighted by Crippen LogP contribution is 2.21. The molecule has 0 spiro atoms. The predicted octanol–water partition coefficient (Wildman–Crippen LogP) is 7.14. The minimum Gasteiger partial charge on any atom is -0.195 e. The SMILES string of the molecule is CCCCc1ccc(-c2ccc(C#Cc3ccc(N=C=S)cc3C)cc2)cc1. The van der Waals surface area contributed by atoms with E-state index in [9.17, 15) is 0 Å². The van der Waals surface area contributed by atoms with Gasteiger partial charge in [-0.3, -0.25) is 0 Å². The van der Waals surface area contributed by atoms with Gasteiger partial charge in [-0.15, -0.1) is 0 Å². The van der Waals surface area contributed by atoms with Gasteiger partial charge in [0.05, 0.1) is 10.8 Å². The topological polar surface area (TPSA) is 12.4 Å². The van der Waals surface area contributed by atoms with Crippen LogP contribution in [0.2, 0.25) is 0 Å². The van der Waals surface area contributed by atoms with Crippen LogP contribution in [0.4, 0.5) is 5.69 Å². The fourth-order valence-corrected chi connectivity index (χ4v) is 3.15. The highest BCUT2D eigenvalue weighted by Gasteiger charge is 2.00. The maximum atomic E-state index is 4.65. The Morgan fingerprint density at radius 3 is 2.14 bits per heavy atom. The summed E-state index contributed by atoms with van der Waals surface area (Å²) in [4.78, 5) is 4.00. The Morgan fingerprint density at radius 1 is 0.857 bits per heavy atom. The predicted molar refractivity (Wildman–Crippen MR) is 122 cm³/mol. The number of hydrogen-bond acceptors (Lipinski definition) is 2. The molecule has 0 aliphatic rings. The van der Waals surface area contributed by atoms with Gasteiger partial charge < -0.3 is 0 Å². The summed E-state index contributed by atoms with van der Waals surface area (Å²) in [6.07, 6.45) is 3.63. The number of hydrogen-bond donors (Lipinski definition) is 0. The third-order valence-corrected chi connectivity index (χ3v) is 4.81. The number of rotatable bonds is 5. The molecule has 0 saturated heterocycles. The first-order valence-electron chi connectivity index (χ1n) is 9.59. The van der Waals surface area contributed by atoms with E-state index in [0.717, 1.165) is 28.8 Å². The zero-order valence-electron chi connectivity index (χ0n) is 16.3. The Kier molecular flexibility index (Phi) is 6.93. The molecule has 0 N–H and O–H groups in total. The fourth-order valence-electron chi connectivity index (χ4n) is 3.04. The van der Waals surface area contributed by atoms with Crippen molar-refractivity contribution in [2.45, 2.75) is 33.1 Å². The summed E-state index contributed by atoms with van der Waals surface area (Å²) in [6, 6.07) is 23.2. The number of unbranched alkanes of at least 4 members (excludes halogenated alkanes) is 1. The third kappa shape index (κ3) is 5.27. The summed E-state index contributed by atoms with van der Waals surface area (Å²) in [7, 11) is 0. The number of benzene rings is 3. The molecule has 0 aliphatic heterocycles. The number of aliphatic imine (C=N–C) groups is 1. The van der Waals surface area contributed by atoms with E-state index < -0.39 is 0 Å². The molecule has 0 heterocycles. The summed E-state index contributed by atoms with van der Waals surface area (Å²) >= 11 is 4.65. The molecule has 3 rings (SSSR count). The van der Waals surface area contributed by atoms with Crippen LogP contribution >= 0.6 is 12.2 Å². The Morgan fingerprint density at radius 2 is 1.54 bits per heavy atom. The Bertz CT molecular complexity index is 1040. The van der Waals surface area contributed by atoms with Crippen molar-refractivity contribution in [2.24, 2.45) is 4.99 Å². The Balaban J connectivity index is 1.73. The zero-order valence-corrected chi connectivity index (χ0v) is 17.1. The van der Waals surface area contributed by atoms with Gasteiger partial charge in [0.15, 0.2) is 0 Å². The molecular weight excluding hydrogens is 358 g/mol. The van der Waals surface area contributed by atoms with Crippen molar-refractivity contribution >= 4 is 23.1 Å². The van der Waals surface area contributed by atoms with Gasteiger partial charge in [0.25, 0.3) is 0 Å². The summed E-state index contributed by atoms with van der Waals surface area (Å²) in [5.74, 6) is 6.49. The van der Waals surface area contributed by atoms with Gasteiger partial charge >= 0.3 is 0 Å². The Hall–Kier alpha value is -2.98. The fraction of sp³-hybridized carbons (Fsp3) is 0.192. The monoisotopic (exact) mass is 381 g/mol. The lowest BCUT2D eigenvalue weighted by molar-refractivity contribution is 0.795. The third-order valence-electron chi connectivity index (χ3n) is 4.72. The molecule has 3 aromatic rings. The molecular formula is C26H23NS. The molecule has 3 aromatic carbocycles. The molecule has 0 atom stereocenters. The van der Waals surface area contributed by atoms with E-state index in [2.05, 4.69) is 89.7 Å². The lowest BCUT2D eigenvalue weighted by Crippen LogP contribution is -1.85. The summed E-state index contributed by atoms with van der Waals surface area (Å²) in [5, 5.41) is 2.39. The molecule has 0 saturated carbocycles. The van der Waals surface area contributed by atoms with Gasteiger partial charge in [-0.1, -0.05) is 61.6 Å². The second-order valence-electron chi connectivity index (χ2n) is 6.83. The molecule has 0 fully saturated rings. The number of aryl methyl sites for hydroxylation is 2. The van der Waals surface area contributed by atoms with E-state index in [0.29, 0.717) is 0 Å². The van der Waals surface area contributed by atoms with Crippen LogP contribution in [0.3, 0.4) is 0 Å². The van der Waals surface area contributed by atoms with E-state index in [1.165, 1.54) is 29.5 Å². The lowest BCUT2D eigenvalue weighted by atomic mass is 10.0. The molecule has 0 bridgehead atoms. The zero-order chi connectivity index (χ0) is 19.8. The van der Waals surface area contributed by atoms with Crippen LogP contribution in [0.15, 0.2) is 71.7 Å². The van der Waals surface area contributed by atoms with Crippen LogP contribution in [0, 0.1) is 18.8 Å². The minimum absolute atomic E-state index is 0.808. The van der Waals surface area contributed by atoms with E-state index in [4.69, 9.17) is 0 Å². The van der Waals surface area contributed by atoms with Crippen molar-refractivity contribution in [1.82, 2.24) is 0 Å². The van der Waals surface area contributed by atoms with Crippen molar-refractivity contribution in [3.05, 3.63) is 89.0 Å². The quantitative estimate of drug-likeness (QED) is 0.260. The average Bonchev–Trinajstić information content (AvgIpc) is 2.73. The molecule has 0 aromatic heterocycles. The first-order chi connectivity index (χ1) is 13.7. The van der Waals surface area contributed by atoms with E-state index in [1.54, 1.807) is 0 Å². The van der Waals surface area contributed by atoms with Crippen molar-refractivity contribution in [1.29, 1.82) is 0 Å². The summed E-state index contributed by atoms with van der Waals surface area (Å²) in [6.45, 7) is 4.25. The van der Waals surface area contributed by atoms with Crippen LogP contribution in [0.5, 0.6) is 0 Å². The van der Waals surface area contributed by atoms with Crippen LogP contribution in [0.1, 0.15) is 42.0 Å².